The molecule has 1 aromatic rings. The predicted molar refractivity (Wildman–Crippen MR) is 77.1 cm³/mol. The maximum Gasteiger partial charge on any atom is 0.326 e. The number of aliphatic carboxylic acids is 1. The number of nitrogens with one attached hydrogen (secondary N) is 1. The lowest BCUT2D eigenvalue weighted by molar-refractivity contribution is -0.141. The Morgan fingerprint density at radius 1 is 1.38 bits per heavy atom. The van der Waals surface area contributed by atoms with Crippen molar-refractivity contribution in [3.05, 3.63) is 29.8 Å². The van der Waals surface area contributed by atoms with Crippen LogP contribution in [-0.4, -0.2) is 40.4 Å². The molecule has 0 aromatic heterocycles. The fourth-order valence-corrected chi connectivity index (χ4v) is 2.41. The maximum atomic E-state index is 12.4. The zero-order valence-corrected chi connectivity index (χ0v) is 11.8. The van der Waals surface area contributed by atoms with Gasteiger partial charge in [-0.15, -0.1) is 0 Å². The van der Waals surface area contributed by atoms with Crippen molar-refractivity contribution < 1.29 is 19.5 Å². The predicted octanol–water partition coefficient (Wildman–Crippen LogP) is 1.72. The molecule has 0 unspecified atom stereocenters. The van der Waals surface area contributed by atoms with Crippen LogP contribution in [0.2, 0.25) is 0 Å². The molecule has 1 aromatic carbocycles. The van der Waals surface area contributed by atoms with Crippen molar-refractivity contribution in [2.45, 2.75) is 32.2 Å². The van der Waals surface area contributed by atoms with Crippen LogP contribution in [0.4, 0.5) is 5.69 Å². The monoisotopic (exact) mass is 290 g/mol. The SMILES string of the molecule is CCC(=O)Nc1cccc(C(=O)N2CCC[C@@H]2C(=O)O)c1. The summed E-state index contributed by atoms with van der Waals surface area (Å²) in [6.45, 7) is 2.19. The molecular weight excluding hydrogens is 272 g/mol. The highest BCUT2D eigenvalue weighted by atomic mass is 16.4. The quantitative estimate of drug-likeness (QED) is 0.884. The summed E-state index contributed by atoms with van der Waals surface area (Å²) in [5.74, 6) is -1.42. The van der Waals surface area contributed by atoms with E-state index in [1.54, 1.807) is 31.2 Å². The summed E-state index contributed by atoms with van der Waals surface area (Å²) in [6.07, 6.45) is 1.52. The molecule has 6 heteroatoms. The normalized spacial score (nSPS) is 17.6. The molecule has 2 amide bonds. The van der Waals surface area contributed by atoms with Gasteiger partial charge in [0.15, 0.2) is 0 Å². The molecule has 2 N–H and O–H groups in total. The van der Waals surface area contributed by atoms with Crippen LogP contribution in [0.5, 0.6) is 0 Å². The third kappa shape index (κ3) is 3.39. The third-order valence-electron chi connectivity index (χ3n) is 3.51. The summed E-state index contributed by atoms with van der Waals surface area (Å²) in [5, 5.41) is 11.8. The third-order valence-corrected chi connectivity index (χ3v) is 3.51. The second-order valence-corrected chi connectivity index (χ2v) is 4.98. The lowest BCUT2D eigenvalue weighted by atomic mass is 10.1. The van der Waals surface area contributed by atoms with Gasteiger partial charge in [-0.25, -0.2) is 4.79 Å². The number of carboxylic acid groups (broad SMARTS) is 1. The first-order valence-electron chi connectivity index (χ1n) is 6.96. The summed E-state index contributed by atoms with van der Waals surface area (Å²) in [5.41, 5.74) is 0.927. The number of carboxylic acids is 1. The van der Waals surface area contributed by atoms with E-state index < -0.39 is 12.0 Å². The average Bonchev–Trinajstić information content (AvgIpc) is 2.96. The smallest absolute Gasteiger partial charge is 0.326 e. The zero-order chi connectivity index (χ0) is 15.4. The molecule has 21 heavy (non-hydrogen) atoms. The van der Waals surface area contributed by atoms with E-state index in [1.165, 1.54) is 4.90 Å². The van der Waals surface area contributed by atoms with Gasteiger partial charge in [-0.05, 0) is 31.0 Å². The van der Waals surface area contributed by atoms with Crippen molar-refractivity contribution in [3.8, 4) is 0 Å². The van der Waals surface area contributed by atoms with E-state index in [0.29, 0.717) is 37.1 Å². The molecule has 112 valence electrons. The Kier molecular flexibility index (Phi) is 4.57. The first-order valence-corrected chi connectivity index (χ1v) is 6.96. The van der Waals surface area contributed by atoms with Crippen LogP contribution in [0.3, 0.4) is 0 Å². The van der Waals surface area contributed by atoms with E-state index >= 15 is 0 Å². The van der Waals surface area contributed by atoms with Gasteiger partial charge in [-0.1, -0.05) is 13.0 Å². The summed E-state index contributed by atoms with van der Waals surface area (Å²) in [7, 11) is 0. The molecule has 1 aliphatic heterocycles. The summed E-state index contributed by atoms with van der Waals surface area (Å²) < 4.78 is 0. The number of anilines is 1. The van der Waals surface area contributed by atoms with Crippen LogP contribution in [0.15, 0.2) is 24.3 Å². The van der Waals surface area contributed by atoms with Crippen molar-refractivity contribution in [2.24, 2.45) is 0 Å². The highest BCUT2D eigenvalue weighted by molar-refractivity contribution is 5.99. The minimum atomic E-state index is -0.976. The number of likely N-dealkylation sites (tertiary alicyclic amines) is 1. The largest absolute Gasteiger partial charge is 0.480 e. The van der Waals surface area contributed by atoms with Gasteiger partial charge in [0.25, 0.3) is 5.91 Å². The van der Waals surface area contributed by atoms with Gasteiger partial charge in [0.05, 0.1) is 0 Å². The van der Waals surface area contributed by atoms with Crippen LogP contribution in [-0.2, 0) is 9.59 Å². The molecular formula is C15H18N2O4. The molecule has 1 aliphatic rings. The Morgan fingerprint density at radius 3 is 2.81 bits per heavy atom. The second kappa shape index (κ2) is 6.39. The van der Waals surface area contributed by atoms with Crippen LogP contribution in [0.25, 0.3) is 0 Å². The number of rotatable bonds is 4. The molecule has 1 fully saturated rings. The van der Waals surface area contributed by atoms with Gasteiger partial charge < -0.3 is 15.3 Å². The van der Waals surface area contributed by atoms with Crippen LogP contribution in [0, 0.1) is 0 Å². The molecule has 1 heterocycles. The summed E-state index contributed by atoms with van der Waals surface area (Å²) in [6, 6.07) is 5.81. The maximum absolute atomic E-state index is 12.4. The van der Waals surface area contributed by atoms with Crippen molar-refractivity contribution in [2.75, 3.05) is 11.9 Å². The van der Waals surface area contributed by atoms with Crippen LogP contribution in [0.1, 0.15) is 36.5 Å². The van der Waals surface area contributed by atoms with E-state index in [-0.39, 0.29) is 11.8 Å². The van der Waals surface area contributed by atoms with E-state index in [1.807, 2.05) is 0 Å². The fourth-order valence-electron chi connectivity index (χ4n) is 2.41. The Balaban J connectivity index is 2.17. The number of hydrogen-bond donors (Lipinski definition) is 2. The van der Waals surface area contributed by atoms with Gasteiger partial charge in [0.1, 0.15) is 6.04 Å². The van der Waals surface area contributed by atoms with Crippen molar-refractivity contribution in [1.82, 2.24) is 4.90 Å². The molecule has 0 bridgehead atoms. The standard InChI is InChI=1S/C15H18N2O4/c1-2-13(18)16-11-6-3-5-10(9-11)14(19)17-8-4-7-12(17)15(20)21/h3,5-6,9,12H,2,4,7-8H2,1H3,(H,16,18)(H,20,21)/t12-/m1/s1. The summed E-state index contributed by atoms with van der Waals surface area (Å²) in [4.78, 5) is 36.3. The highest BCUT2D eigenvalue weighted by Crippen LogP contribution is 2.21. The lowest BCUT2D eigenvalue weighted by Crippen LogP contribution is -2.40. The molecule has 2 rings (SSSR count). The second-order valence-electron chi connectivity index (χ2n) is 4.98. The number of carbonyl (C=O) groups excluding carboxylic acids is 2. The molecule has 6 nitrogen and oxygen atoms in total. The summed E-state index contributed by atoms with van der Waals surface area (Å²) >= 11 is 0. The zero-order valence-electron chi connectivity index (χ0n) is 11.8. The molecule has 1 saturated heterocycles. The van der Waals surface area contributed by atoms with Gasteiger partial charge in [0.2, 0.25) is 5.91 Å². The van der Waals surface area contributed by atoms with E-state index in [4.69, 9.17) is 5.11 Å². The molecule has 0 aliphatic carbocycles. The van der Waals surface area contributed by atoms with Crippen LogP contribution >= 0.6 is 0 Å². The number of carbonyl (C=O) groups is 3. The Bertz CT molecular complexity index is 571. The van der Waals surface area contributed by atoms with E-state index in [0.717, 1.165) is 0 Å². The van der Waals surface area contributed by atoms with Crippen LogP contribution < -0.4 is 5.32 Å². The fraction of sp³-hybridized carbons (Fsp3) is 0.400. The first-order chi connectivity index (χ1) is 10.0. The Morgan fingerprint density at radius 2 is 2.14 bits per heavy atom. The van der Waals surface area contributed by atoms with Gasteiger partial charge in [0, 0.05) is 24.2 Å². The average molecular weight is 290 g/mol. The molecule has 0 spiro atoms. The minimum absolute atomic E-state index is 0.135. The highest BCUT2D eigenvalue weighted by Gasteiger charge is 2.34. The Labute approximate surface area is 122 Å². The number of nitrogens with zero attached hydrogens (tertiary/aromatic N) is 1. The van der Waals surface area contributed by atoms with Crippen molar-refractivity contribution in [3.63, 3.8) is 0 Å². The molecule has 0 saturated carbocycles. The molecule has 1 atom stereocenters. The first kappa shape index (κ1) is 15.0. The van der Waals surface area contributed by atoms with Crippen molar-refractivity contribution in [1.29, 1.82) is 0 Å². The van der Waals surface area contributed by atoms with E-state index in [2.05, 4.69) is 5.32 Å². The molecule has 0 radical (unpaired) electrons. The number of hydrogen-bond acceptors (Lipinski definition) is 3. The van der Waals surface area contributed by atoms with Crippen molar-refractivity contribution >= 4 is 23.5 Å². The van der Waals surface area contributed by atoms with E-state index in [9.17, 15) is 14.4 Å². The minimum Gasteiger partial charge on any atom is -0.480 e. The topological polar surface area (TPSA) is 86.7 Å². The van der Waals surface area contributed by atoms with Gasteiger partial charge >= 0.3 is 5.97 Å². The number of amides is 2. The van der Waals surface area contributed by atoms with Gasteiger partial charge in [-0.3, -0.25) is 9.59 Å². The lowest BCUT2D eigenvalue weighted by Gasteiger charge is -2.21. The van der Waals surface area contributed by atoms with Gasteiger partial charge in [-0.2, -0.15) is 0 Å². The number of benzene rings is 1. The Hall–Kier alpha value is -2.37.